The molecule has 5 rings (SSSR count). The highest BCUT2D eigenvalue weighted by atomic mass is 32.2. The van der Waals surface area contributed by atoms with Crippen molar-refractivity contribution in [3.63, 3.8) is 0 Å². The lowest BCUT2D eigenvalue weighted by Crippen LogP contribution is -2.16. The van der Waals surface area contributed by atoms with Gasteiger partial charge in [-0.05, 0) is 41.8 Å². The van der Waals surface area contributed by atoms with E-state index in [9.17, 15) is 4.79 Å². The molecule has 6 nitrogen and oxygen atoms in total. The molecule has 0 unspecified atom stereocenters. The standard InChI is InChI=1S/C20H15N3O3S/c24-16(14-5-7-17-18(11-14)26-10-9-25-17)12-27-20-22-21-19-8-6-13-3-1-2-4-15(13)23(19)20/h1-8,11H,9-10,12H2. The third-order valence-electron chi connectivity index (χ3n) is 4.44. The Bertz CT molecular complexity index is 1170. The zero-order chi connectivity index (χ0) is 18.2. The molecule has 4 aromatic rings. The normalized spacial score (nSPS) is 13.2. The number of aromatic nitrogens is 3. The van der Waals surface area contributed by atoms with Gasteiger partial charge in [0.05, 0.1) is 11.3 Å². The maximum atomic E-state index is 12.7. The predicted molar refractivity (Wildman–Crippen MR) is 103 cm³/mol. The van der Waals surface area contributed by atoms with Crippen molar-refractivity contribution in [3.8, 4) is 11.5 Å². The van der Waals surface area contributed by atoms with E-state index in [0.717, 1.165) is 16.6 Å². The minimum absolute atomic E-state index is 0.00830. The summed E-state index contributed by atoms with van der Waals surface area (Å²) in [6.45, 7) is 1.03. The number of fused-ring (bicyclic) bond motifs is 4. The molecule has 2 aromatic carbocycles. The number of benzene rings is 2. The van der Waals surface area contributed by atoms with Crippen molar-refractivity contribution in [1.82, 2.24) is 14.6 Å². The van der Waals surface area contributed by atoms with Crippen LogP contribution in [0.4, 0.5) is 0 Å². The first-order chi connectivity index (χ1) is 13.3. The van der Waals surface area contributed by atoms with Crippen LogP contribution in [-0.4, -0.2) is 39.3 Å². The number of hydrogen-bond donors (Lipinski definition) is 0. The van der Waals surface area contributed by atoms with E-state index in [4.69, 9.17) is 9.47 Å². The molecule has 27 heavy (non-hydrogen) atoms. The summed E-state index contributed by atoms with van der Waals surface area (Å²) in [5.74, 6) is 1.58. The number of ether oxygens (including phenoxy) is 2. The molecule has 0 spiro atoms. The highest BCUT2D eigenvalue weighted by molar-refractivity contribution is 7.99. The van der Waals surface area contributed by atoms with E-state index in [2.05, 4.69) is 10.2 Å². The summed E-state index contributed by atoms with van der Waals surface area (Å²) < 4.78 is 13.0. The third-order valence-corrected chi connectivity index (χ3v) is 5.37. The summed E-state index contributed by atoms with van der Waals surface area (Å²) in [4.78, 5) is 12.7. The van der Waals surface area contributed by atoms with Gasteiger partial charge in [0.25, 0.3) is 0 Å². The molecule has 0 bridgehead atoms. The summed E-state index contributed by atoms with van der Waals surface area (Å²) in [6, 6.07) is 17.3. The van der Waals surface area contributed by atoms with Crippen LogP contribution in [0.5, 0.6) is 11.5 Å². The molecule has 0 amide bonds. The van der Waals surface area contributed by atoms with Crippen LogP contribution in [0.3, 0.4) is 0 Å². The van der Waals surface area contributed by atoms with E-state index in [0.29, 0.717) is 35.4 Å². The van der Waals surface area contributed by atoms with Crippen LogP contribution in [0.2, 0.25) is 0 Å². The second-order valence-electron chi connectivity index (χ2n) is 6.14. The van der Waals surface area contributed by atoms with Crippen LogP contribution >= 0.6 is 11.8 Å². The number of Topliss-reactive ketones (excluding diaryl/α,β-unsaturated/α-hetero) is 1. The van der Waals surface area contributed by atoms with Crippen LogP contribution in [0, 0.1) is 0 Å². The first-order valence-corrected chi connectivity index (χ1v) is 9.57. The quantitative estimate of drug-likeness (QED) is 0.400. The molecule has 0 fully saturated rings. The average molecular weight is 377 g/mol. The van der Waals surface area contributed by atoms with Crippen molar-refractivity contribution in [1.29, 1.82) is 0 Å². The van der Waals surface area contributed by atoms with Crippen molar-refractivity contribution < 1.29 is 14.3 Å². The van der Waals surface area contributed by atoms with E-state index in [-0.39, 0.29) is 11.5 Å². The van der Waals surface area contributed by atoms with Gasteiger partial charge in [0.15, 0.2) is 28.1 Å². The van der Waals surface area contributed by atoms with E-state index in [1.54, 1.807) is 18.2 Å². The first-order valence-electron chi connectivity index (χ1n) is 8.58. The fourth-order valence-corrected chi connectivity index (χ4v) is 3.98. The number of hydrogen-bond acceptors (Lipinski definition) is 6. The Labute approximate surface area is 159 Å². The van der Waals surface area contributed by atoms with E-state index >= 15 is 0 Å². The Kier molecular flexibility index (Phi) is 3.94. The summed E-state index contributed by atoms with van der Waals surface area (Å²) in [5, 5.41) is 10.3. The molecule has 0 radical (unpaired) electrons. The fraction of sp³-hybridized carbons (Fsp3) is 0.150. The maximum absolute atomic E-state index is 12.7. The third kappa shape index (κ3) is 2.90. The van der Waals surface area contributed by atoms with Crippen molar-refractivity contribution in [3.05, 3.63) is 60.2 Å². The van der Waals surface area contributed by atoms with Crippen molar-refractivity contribution >= 4 is 34.1 Å². The summed E-state index contributed by atoms with van der Waals surface area (Å²) in [5.41, 5.74) is 2.39. The van der Waals surface area contributed by atoms with Gasteiger partial charge in [-0.1, -0.05) is 30.0 Å². The monoisotopic (exact) mass is 377 g/mol. The summed E-state index contributed by atoms with van der Waals surface area (Å²) in [6.07, 6.45) is 0. The maximum Gasteiger partial charge on any atom is 0.196 e. The van der Waals surface area contributed by atoms with Crippen LogP contribution < -0.4 is 9.47 Å². The topological polar surface area (TPSA) is 65.7 Å². The Balaban J connectivity index is 1.41. The van der Waals surface area contributed by atoms with E-state index < -0.39 is 0 Å². The molecule has 0 aliphatic carbocycles. The SMILES string of the molecule is O=C(CSc1nnc2ccc3ccccc3n12)c1ccc2c(c1)OCCO2. The number of carbonyl (C=O) groups is 1. The van der Waals surface area contributed by atoms with Crippen LogP contribution in [0.1, 0.15) is 10.4 Å². The number of rotatable bonds is 4. The molecule has 0 atom stereocenters. The molecule has 3 heterocycles. The molecule has 1 aliphatic rings. The van der Waals surface area contributed by atoms with E-state index in [1.165, 1.54) is 11.8 Å². The van der Waals surface area contributed by atoms with Crippen LogP contribution in [-0.2, 0) is 0 Å². The highest BCUT2D eigenvalue weighted by Crippen LogP contribution is 2.31. The molecule has 0 saturated heterocycles. The zero-order valence-electron chi connectivity index (χ0n) is 14.3. The summed E-state index contributed by atoms with van der Waals surface area (Å²) >= 11 is 1.38. The van der Waals surface area contributed by atoms with Gasteiger partial charge in [0.1, 0.15) is 13.2 Å². The van der Waals surface area contributed by atoms with Crippen molar-refractivity contribution in [2.24, 2.45) is 0 Å². The van der Waals surface area contributed by atoms with Crippen LogP contribution in [0.15, 0.2) is 59.8 Å². The molecular formula is C20H15N3O3S. The highest BCUT2D eigenvalue weighted by Gasteiger charge is 2.16. The second kappa shape index (κ2) is 6.59. The van der Waals surface area contributed by atoms with Gasteiger partial charge < -0.3 is 9.47 Å². The van der Waals surface area contributed by atoms with Crippen LogP contribution in [0.25, 0.3) is 16.6 Å². The number of para-hydroxylation sites is 1. The molecule has 2 aromatic heterocycles. The van der Waals surface area contributed by atoms with Crippen molar-refractivity contribution in [2.75, 3.05) is 19.0 Å². The number of ketones is 1. The van der Waals surface area contributed by atoms with Gasteiger partial charge in [0, 0.05) is 5.56 Å². The minimum Gasteiger partial charge on any atom is -0.486 e. The molecule has 7 heteroatoms. The first kappa shape index (κ1) is 16.1. The van der Waals surface area contributed by atoms with Gasteiger partial charge in [-0.25, -0.2) is 0 Å². The van der Waals surface area contributed by atoms with Gasteiger partial charge in [-0.3, -0.25) is 9.20 Å². The molecule has 1 aliphatic heterocycles. The number of nitrogens with zero attached hydrogens (tertiary/aromatic N) is 3. The lowest BCUT2D eigenvalue weighted by atomic mass is 10.1. The second-order valence-corrected chi connectivity index (χ2v) is 7.08. The van der Waals surface area contributed by atoms with Gasteiger partial charge >= 0.3 is 0 Å². The van der Waals surface area contributed by atoms with E-state index in [1.807, 2.05) is 40.8 Å². The lowest BCUT2D eigenvalue weighted by Gasteiger charge is -2.18. The molecule has 0 saturated carbocycles. The predicted octanol–water partition coefficient (Wildman–Crippen LogP) is 3.63. The van der Waals surface area contributed by atoms with Gasteiger partial charge in [0.2, 0.25) is 0 Å². The number of thioether (sulfide) groups is 1. The van der Waals surface area contributed by atoms with Gasteiger partial charge in [-0.15, -0.1) is 10.2 Å². The Hall–Kier alpha value is -3.06. The minimum atomic E-state index is 0.00830. The largest absolute Gasteiger partial charge is 0.486 e. The molecule has 0 N–H and O–H groups in total. The fourth-order valence-electron chi connectivity index (χ4n) is 3.14. The molecular weight excluding hydrogens is 362 g/mol. The Morgan fingerprint density at radius 2 is 1.85 bits per heavy atom. The summed E-state index contributed by atoms with van der Waals surface area (Å²) in [7, 11) is 0. The number of carbonyl (C=O) groups excluding carboxylic acids is 1. The Morgan fingerprint density at radius 1 is 1.00 bits per heavy atom. The average Bonchev–Trinajstić information content (AvgIpc) is 3.15. The van der Waals surface area contributed by atoms with Gasteiger partial charge in [-0.2, -0.15) is 0 Å². The van der Waals surface area contributed by atoms with Crippen molar-refractivity contribution in [2.45, 2.75) is 5.16 Å². The Morgan fingerprint density at radius 3 is 2.78 bits per heavy atom. The zero-order valence-corrected chi connectivity index (χ0v) is 15.1. The number of pyridine rings is 1. The molecule has 134 valence electrons. The smallest absolute Gasteiger partial charge is 0.196 e. The lowest BCUT2D eigenvalue weighted by molar-refractivity contribution is 0.102.